The Morgan fingerprint density at radius 1 is 1.05 bits per heavy atom. The molecule has 1 aromatic rings. The lowest BCUT2D eigenvalue weighted by Crippen LogP contribution is -2.54. The summed E-state index contributed by atoms with van der Waals surface area (Å²) in [7, 11) is 1.73. The number of carbonyl (C=O) groups is 1. The molecule has 226 valence electrons. The number of hydrogen-bond donors (Lipinski definition) is 3. The van der Waals surface area contributed by atoms with Crippen molar-refractivity contribution in [2.75, 3.05) is 13.1 Å². The van der Waals surface area contributed by atoms with E-state index in [9.17, 15) is 22.4 Å². The largest absolute Gasteiger partial charge is 0.392 e. The van der Waals surface area contributed by atoms with Gasteiger partial charge in [0.05, 0.1) is 11.8 Å². The highest BCUT2D eigenvalue weighted by Crippen LogP contribution is 2.51. The van der Waals surface area contributed by atoms with Crippen molar-refractivity contribution in [3.63, 3.8) is 0 Å². The number of hydrogen-bond acceptors (Lipinski definition) is 3. The first-order chi connectivity index (χ1) is 18.9. The number of aromatic nitrogens is 2. The van der Waals surface area contributed by atoms with Gasteiger partial charge in [0, 0.05) is 32.0 Å². The van der Waals surface area contributed by atoms with E-state index in [2.05, 4.69) is 17.6 Å². The van der Waals surface area contributed by atoms with Gasteiger partial charge in [-0.3, -0.25) is 10.2 Å². The van der Waals surface area contributed by atoms with Crippen LogP contribution in [0.4, 0.5) is 22.0 Å². The minimum Gasteiger partial charge on any atom is -0.352 e. The van der Waals surface area contributed by atoms with Crippen LogP contribution in [0.25, 0.3) is 0 Å². The van der Waals surface area contributed by atoms with E-state index >= 15 is 4.39 Å². The van der Waals surface area contributed by atoms with E-state index in [-0.39, 0.29) is 49.2 Å². The van der Waals surface area contributed by atoms with E-state index in [1.807, 2.05) is 0 Å². The summed E-state index contributed by atoms with van der Waals surface area (Å²) in [4.78, 5) is 13.8. The van der Waals surface area contributed by atoms with Crippen LogP contribution >= 0.6 is 0 Å². The van der Waals surface area contributed by atoms with E-state index in [1.54, 1.807) is 28.6 Å². The second kappa shape index (κ2) is 11.8. The Morgan fingerprint density at radius 2 is 1.80 bits per heavy atom. The molecule has 11 heteroatoms. The van der Waals surface area contributed by atoms with Gasteiger partial charge < -0.3 is 19.8 Å². The Kier molecular flexibility index (Phi) is 8.70. The molecule has 0 radical (unpaired) electrons. The number of nitrogens with zero attached hydrogens (tertiary/aromatic N) is 2. The van der Waals surface area contributed by atoms with E-state index in [4.69, 9.17) is 5.41 Å². The molecule has 3 saturated carbocycles. The number of aryl methyl sites for hydroxylation is 1. The maximum Gasteiger partial charge on any atom is 0.392 e. The highest BCUT2D eigenvalue weighted by molar-refractivity contribution is 5.80. The minimum atomic E-state index is -4.62. The zero-order valence-electron chi connectivity index (χ0n) is 23.5. The number of nitrogens with one attached hydrogen (secondary N) is 3. The number of imidazole rings is 1. The van der Waals surface area contributed by atoms with E-state index < -0.39 is 54.5 Å². The number of carbonyl (C=O) groups excluding carboxylic acids is 1. The molecule has 2 heterocycles. The Hall–Kier alpha value is -1.91. The van der Waals surface area contributed by atoms with Gasteiger partial charge in [0.15, 0.2) is 0 Å². The zero-order valence-corrected chi connectivity index (χ0v) is 23.5. The fourth-order valence-corrected chi connectivity index (χ4v) is 8.01. The molecule has 0 bridgehead atoms. The monoisotopic (exact) mass is 573 g/mol. The number of alkyl halides is 5. The van der Waals surface area contributed by atoms with Crippen molar-refractivity contribution in [3.8, 4) is 0 Å². The molecule has 1 saturated heterocycles. The Labute approximate surface area is 233 Å². The summed E-state index contributed by atoms with van der Waals surface area (Å²) in [6.45, 7) is 4.22. The third kappa shape index (κ3) is 6.44. The molecule has 1 aliphatic heterocycles. The SMILES string of the molecule is CC1CNCC([C@@H](NC(=O)C2CC(Cn3ccn(C)c3=N)CC(C3CCC(F)CC3C(F)(F)F)C2F)C2CC2)C1. The molecule has 9 unspecified atom stereocenters. The van der Waals surface area contributed by atoms with Crippen molar-refractivity contribution >= 4 is 5.91 Å². The number of rotatable bonds is 7. The summed E-state index contributed by atoms with van der Waals surface area (Å²) in [5.41, 5.74) is 0.235. The second-order valence-corrected chi connectivity index (χ2v) is 13.3. The van der Waals surface area contributed by atoms with Crippen LogP contribution in [0, 0.1) is 52.8 Å². The fourth-order valence-electron chi connectivity index (χ4n) is 8.01. The minimum absolute atomic E-state index is 0.0110. The van der Waals surface area contributed by atoms with Crippen LogP contribution in [0.3, 0.4) is 0 Å². The molecule has 0 aromatic carbocycles. The smallest absolute Gasteiger partial charge is 0.352 e. The average Bonchev–Trinajstić information content (AvgIpc) is 3.69. The quantitative estimate of drug-likeness (QED) is 0.412. The number of piperidine rings is 1. The fraction of sp³-hybridized carbons (Fsp3) is 0.862. The summed E-state index contributed by atoms with van der Waals surface area (Å²) in [6, 6.07) is -0.0676. The normalized spacial score (nSPS) is 38.1. The lowest BCUT2D eigenvalue weighted by molar-refractivity contribution is -0.213. The van der Waals surface area contributed by atoms with Crippen molar-refractivity contribution in [2.24, 2.45) is 54.4 Å². The molecule has 4 fully saturated rings. The molecule has 0 spiro atoms. The second-order valence-electron chi connectivity index (χ2n) is 13.3. The first-order valence-electron chi connectivity index (χ1n) is 15.0. The maximum absolute atomic E-state index is 16.4. The van der Waals surface area contributed by atoms with Crippen molar-refractivity contribution in [1.82, 2.24) is 19.8 Å². The molecular formula is C29H44F5N5O. The molecule has 10 atom stereocenters. The summed E-state index contributed by atoms with van der Waals surface area (Å²) in [5.74, 6) is -4.60. The molecule has 6 nitrogen and oxygen atoms in total. The molecule has 40 heavy (non-hydrogen) atoms. The maximum atomic E-state index is 16.4. The molecule has 1 aromatic heterocycles. The van der Waals surface area contributed by atoms with Crippen LogP contribution < -0.4 is 16.3 Å². The number of amides is 1. The highest BCUT2D eigenvalue weighted by Gasteiger charge is 2.55. The van der Waals surface area contributed by atoms with Crippen LogP contribution in [0.1, 0.15) is 58.3 Å². The van der Waals surface area contributed by atoms with Crippen LogP contribution in [0.15, 0.2) is 12.4 Å². The molecule has 4 aliphatic rings. The van der Waals surface area contributed by atoms with Gasteiger partial charge in [-0.05, 0) is 100.0 Å². The topological polar surface area (TPSA) is 74.8 Å². The molecule has 3 N–H and O–H groups in total. The van der Waals surface area contributed by atoms with E-state index in [0.717, 1.165) is 32.4 Å². The zero-order chi connectivity index (χ0) is 28.8. The number of halogens is 5. The Bertz CT molecular complexity index is 1080. The summed E-state index contributed by atoms with van der Waals surface area (Å²) >= 11 is 0. The first kappa shape index (κ1) is 29.6. The molecule has 3 aliphatic carbocycles. The van der Waals surface area contributed by atoms with Crippen LogP contribution in [-0.2, 0) is 18.4 Å². The van der Waals surface area contributed by atoms with Crippen molar-refractivity contribution < 1.29 is 26.7 Å². The molecule has 5 rings (SSSR count). The van der Waals surface area contributed by atoms with Gasteiger partial charge in [-0.1, -0.05) is 6.92 Å². The van der Waals surface area contributed by atoms with Gasteiger partial charge in [-0.2, -0.15) is 13.2 Å². The molecular weight excluding hydrogens is 529 g/mol. The Morgan fingerprint density at radius 3 is 2.42 bits per heavy atom. The van der Waals surface area contributed by atoms with Gasteiger partial charge in [0.2, 0.25) is 11.5 Å². The lowest BCUT2D eigenvalue weighted by atomic mass is 9.62. The predicted octanol–water partition coefficient (Wildman–Crippen LogP) is 4.74. The highest BCUT2D eigenvalue weighted by atomic mass is 19.4. The first-order valence-corrected chi connectivity index (χ1v) is 15.0. The van der Waals surface area contributed by atoms with Gasteiger partial charge >= 0.3 is 6.18 Å². The third-order valence-corrected chi connectivity index (χ3v) is 10.2. The Balaban J connectivity index is 1.39. The predicted molar refractivity (Wildman–Crippen MR) is 140 cm³/mol. The molecule has 1 amide bonds. The van der Waals surface area contributed by atoms with Gasteiger partial charge in [0.25, 0.3) is 0 Å². The summed E-state index contributed by atoms with van der Waals surface area (Å²) < 4.78 is 76.2. The van der Waals surface area contributed by atoms with E-state index in [1.165, 1.54) is 0 Å². The van der Waals surface area contributed by atoms with Crippen LogP contribution in [0.2, 0.25) is 0 Å². The summed E-state index contributed by atoms with van der Waals surface area (Å²) in [6.07, 6.45) is -1.69. The average molecular weight is 574 g/mol. The van der Waals surface area contributed by atoms with Gasteiger partial charge in [-0.25, -0.2) is 8.78 Å². The summed E-state index contributed by atoms with van der Waals surface area (Å²) in [5, 5.41) is 14.9. The standard InChI is InChI=1S/C29H44F5N5O/c1-16-9-19(14-36-13-16)26(18-3-4-18)37-27(40)23-11-17(15-39-8-7-38(2)28(39)35)10-22(25(23)31)21-6-5-20(30)12-24(21)29(32,33)34/h7-8,16-26,35-36H,3-6,9-15H2,1-2H3,(H,37,40)/t16?,17?,19?,20?,21?,22?,23?,24?,25?,26-/m0/s1. The van der Waals surface area contributed by atoms with Crippen molar-refractivity contribution in [2.45, 2.75) is 89.4 Å². The van der Waals surface area contributed by atoms with Crippen LogP contribution in [-0.4, -0.2) is 52.7 Å². The van der Waals surface area contributed by atoms with E-state index in [0.29, 0.717) is 18.4 Å². The van der Waals surface area contributed by atoms with Gasteiger partial charge in [0.1, 0.15) is 12.3 Å². The van der Waals surface area contributed by atoms with Gasteiger partial charge in [-0.15, -0.1) is 0 Å². The van der Waals surface area contributed by atoms with Crippen molar-refractivity contribution in [3.05, 3.63) is 18.0 Å². The lowest BCUT2D eigenvalue weighted by Gasteiger charge is -2.46. The van der Waals surface area contributed by atoms with Crippen molar-refractivity contribution in [1.29, 1.82) is 5.41 Å². The third-order valence-electron chi connectivity index (χ3n) is 10.2. The van der Waals surface area contributed by atoms with Crippen LogP contribution in [0.5, 0.6) is 0 Å².